The predicted octanol–water partition coefficient (Wildman–Crippen LogP) is 4.11. The van der Waals surface area contributed by atoms with Crippen LogP contribution in [-0.4, -0.2) is 57.3 Å². The van der Waals surface area contributed by atoms with Crippen LogP contribution in [0.3, 0.4) is 0 Å². The number of ether oxygens (including phenoxy) is 1. The van der Waals surface area contributed by atoms with Gasteiger partial charge in [0.25, 0.3) is 0 Å². The molecule has 0 radical (unpaired) electrons. The third-order valence-electron chi connectivity index (χ3n) is 7.67. The summed E-state index contributed by atoms with van der Waals surface area (Å²) in [5.74, 6) is 0.221. The second-order valence-corrected chi connectivity index (χ2v) is 10.1. The van der Waals surface area contributed by atoms with Crippen molar-refractivity contribution in [1.82, 2.24) is 30.2 Å². The van der Waals surface area contributed by atoms with Gasteiger partial charge >= 0.3 is 6.18 Å². The summed E-state index contributed by atoms with van der Waals surface area (Å²) in [4.78, 5) is 13.0. The summed E-state index contributed by atoms with van der Waals surface area (Å²) >= 11 is 0. The quantitative estimate of drug-likeness (QED) is 0.496. The summed E-state index contributed by atoms with van der Waals surface area (Å²) in [5, 5.41) is 10.9. The highest BCUT2D eigenvalue weighted by Gasteiger charge is 2.39. The van der Waals surface area contributed by atoms with Crippen LogP contribution in [0.25, 0.3) is 22.3 Å². The van der Waals surface area contributed by atoms with E-state index in [1.54, 1.807) is 29.1 Å². The van der Waals surface area contributed by atoms with Crippen molar-refractivity contribution in [3.8, 4) is 11.3 Å². The molecule has 0 amide bonds. The molecule has 2 saturated heterocycles. The minimum absolute atomic E-state index is 0.110. The molecule has 1 spiro atoms. The van der Waals surface area contributed by atoms with Gasteiger partial charge in [0, 0.05) is 54.2 Å². The number of fused-ring (bicyclic) bond motifs is 1. The molecular formula is C25H30F3N7O. The highest BCUT2D eigenvalue weighted by molar-refractivity contribution is 5.94. The summed E-state index contributed by atoms with van der Waals surface area (Å²) in [6.07, 6.45) is 5.59. The minimum atomic E-state index is -4.60. The first-order valence-electron chi connectivity index (χ1n) is 12.7. The first-order chi connectivity index (χ1) is 17.4. The molecule has 2 aliphatic heterocycles. The van der Waals surface area contributed by atoms with Gasteiger partial charge in [0.15, 0.2) is 0 Å². The van der Waals surface area contributed by atoms with E-state index in [9.17, 15) is 13.2 Å². The first-order valence-corrected chi connectivity index (χ1v) is 12.7. The molecule has 3 unspecified atom stereocenters. The van der Waals surface area contributed by atoms with Gasteiger partial charge in [0.1, 0.15) is 17.4 Å². The Labute approximate surface area is 207 Å². The van der Waals surface area contributed by atoms with Crippen LogP contribution in [0.4, 0.5) is 19.1 Å². The van der Waals surface area contributed by atoms with E-state index in [4.69, 9.17) is 4.74 Å². The lowest BCUT2D eigenvalue weighted by atomic mass is 9.78. The normalized spacial score (nSPS) is 27.1. The molecule has 1 aliphatic carbocycles. The van der Waals surface area contributed by atoms with Gasteiger partial charge < -0.3 is 25.3 Å². The lowest BCUT2D eigenvalue weighted by Crippen LogP contribution is -2.47. The van der Waals surface area contributed by atoms with Crippen molar-refractivity contribution in [3.63, 3.8) is 0 Å². The molecule has 0 aromatic carbocycles. The third kappa shape index (κ3) is 4.44. The number of nitrogens with one attached hydrogen (secondary N) is 3. The fourth-order valence-corrected chi connectivity index (χ4v) is 6.01. The Morgan fingerprint density at radius 1 is 1.17 bits per heavy atom. The zero-order chi connectivity index (χ0) is 24.8. The van der Waals surface area contributed by atoms with Gasteiger partial charge in [-0.15, -0.1) is 0 Å². The Balaban J connectivity index is 1.39. The van der Waals surface area contributed by atoms with Crippen LogP contribution in [0, 0.1) is 0 Å². The van der Waals surface area contributed by atoms with E-state index in [0.29, 0.717) is 29.7 Å². The van der Waals surface area contributed by atoms with Crippen LogP contribution in [0.2, 0.25) is 0 Å². The number of morpholine rings is 1. The van der Waals surface area contributed by atoms with Crippen molar-refractivity contribution in [2.45, 2.75) is 62.5 Å². The average Bonchev–Trinajstić information content (AvgIpc) is 3.49. The van der Waals surface area contributed by atoms with Crippen molar-refractivity contribution >= 4 is 17.0 Å². The molecule has 3 atom stereocenters. The van der Waals surface area contributed by atoms with E-state index in [2.05, 4.69) is 30.9 Å². The van der Waals surface area contributed by atoms with E-state index in [1.807, 2.05) is 0 Å². The smallest absolute Gasteiger partial charge is 0.355 e. The maximum absolute atomic E-state index is 14.1. The number of hydrogen-bond acceptors (Lipinski definition) is 7. The monoisotopic (exact) mass is 501 g/mol. The second kappa shape index (κ2) is 9.28. The third-order valence-corrected chi connectivity index (χ3v) is 7.67. The fourth-order valence-electron chi connectivity index (χ4n) is 6.01. The summed E-state index contributed by atoms with van der Waals surface area (Å²) < 4.78 is 50.0. The van der Waals surface area contributed by atoms with E-state index in [1.165, 1.54) is 0 Å². The lowest BCUT2D eigenvalue weighted by Gasteiger charge is -2.38. The molecule has 3 aromatic heterocycles. The van der Waals surface area contributed by atoms with Gasteiger partial charge in [-0.25, -0.2) is 15.0 Å². The minimum Gasteiger partial charge on any atom is -0.355 e. The molecule has 3 aromatic rings. The molecule has 3 fully saturated rings. The first kappa shape index (κ1) is 23.6. The van der Waals surface area contributed by atoms with Gasteiger partial charge in [-0.05, 0) is 57.2 Å². The van der Waals surface area contributed by atoms with Crippen LogP contribution < -0.4 is 16.0 Å². The fraction of sp³-hybridized carbons (Fsp3) is 0.560. The van der Waals surface area contributed by atoms with E-state index >= 15 is 0 Å². The Kier molecular flexibility index (Phi) is 6.09. The molecule has 6 rings (SSSR count). The Morgan fingerprint density at radius 2 is 2.06 bits per heavy atom. The number of hydrogen-bond donors (Lipinski definition) is 3. The van der Waals surface area contributed by atoms with Gasteiger partial charge in [0.05, 0.1) is 12.3 Å². The maximum atomic E-state index is 14.1. The number of anilines is 1. The number of pyridine rings is 1. The highest BCUT2D eigenvalue weighted by Crippen LogP contribution is 2.41. The summed E-state index contributed by atoms with van der Waals surface area (Å²) in [5.41, 5.74) is 0.0328. The van der Waals surface area contributed by atoms with Crippen LogP contribution in [-0.2, 0) is 10.9 Å². The number of halogens is 3. The summed E-state index contributed by atoms with van der Waals surface area (Å²) in [6, 6.07) is 3.61. The molecule has 192 valence electrons. The number of alkyl halides is 3. The number of rotatable bonds is 4. The molecule has 36 heavy (non-hydrogen) atoms. The van der Waals surface area contributed by atoms with Crippen molar-refractivity contribution in [3.05, 3.63) is 36.3 Å². The highest BCUT2D eigenvalue weighted by atomic mass is 19.4. The van der Waals surface area contributed by atoms with Crippen LogP contribution >= 0.6 is 0 Å². The number of nitrogens with zero attached hydrogens (tertiary/aromatic N) is 4. The summed E-state index contributed by atoms with van der Waals surface area (Å²) in [7, 11) is 0. The topological polar surface area (TPSA) is 88.9 Å². The van der Waals surface area contributed by atoms with Crippen molar-refractivity contribution < 1.29 is 17.9 Å². The standard InChI is InChI=1S/C25H30F3N7O/c26-25(27,28)19-13-31-23(33-16-4-1-6-24(12-16)7-3-9-32-24)34-21(19)18-15-35(20-14-29-10-11-36-20)22-17(18)5-2-8-30-22/h2,5,8,13,15-16,20,29,32H,1,3-4,6-7,9-12,14H2,(H,31,33,34). The van der Waals surface area contributed by atoms with E-state index in [0.717, 1.165) is 57.8 Å². The van der Waals surface area contributed by atoms with Crippen LogP contribution in [0.5, 0.6) is 0 Å². The van der Waals surface area contributed by atoms with E-state index < -0.39 is 11.7 Å². The summed E-state index contributed by atoms with van der Waals surface area (Å²) in [6.45, 7) is 2.80. The van der Waals surface area contributed by atoms with Crippen LogP contribution in [0.1, 0.15) is 50.3 Å². The molecule has 3 aliphatic rings. The second-order valence-electron chi connectivity index (χ2n) is 10.1. The Morgan fingerprint density at radius 3 is 2.83 bits per heavy atom. The zero-order valence-corrected chi connectivity index (χ0v) is 19.9. The molecule has 1 saturated carbocycles. The largest absolute Gasteiger partial charge is 0.419 e. The lowest BCUT2D eigenvalue weighted by molar-refractivity contribution is -0.137. The van der Waals surface area contributed by atoms with Gasteiger partial charge in [-0.2, -0.15) is 13.2 Å². The molecule has 0 bridgehead atoms. The maximum Gasteiger partial charge on any atom is 0.419 e. The SMILES string of the molecule is FC(F)(F)c1cnc(NC2CCCC3(CCCN3)C2)nc1-c1cn(C2CNCCO2)c2ncccc12. The zero-order valence-electron chi connectivity index (χ0n) is 19.9. The number of aromatic nitrogens is 4. The van der Waals surface area contributed by atoms with E-state index in [-0.39, 0.29) is 29.5 Å². The average molecular weight is 502 g/mol. The van der Waals surface area contributed by atoms with Gasteiger partial charge in [-0.3, -0.25) is 0 Å². The van der Waals surface area contributed by atoms with Crippen molar-refractivity contribution in [1.29, 1.82) is 0 Å². The molecular weight excluding hydrogens is 471 g/mol. The Bertz CT molecular complexity index is 1230. The van der Waals surface area contributed by atoms with Gasteiger partial charge in [-0.1, -0.05) is 0 Å². The van der Waals surface area contributed by atoms with Crippen molar-refractivity contribution in [2.24, 2.45) is 0 Å². The van der Waals surface area contributed by atoms with Crippen molar-refractivity contribution in [2.75, 3.05) is 31.6 Å². The Hall–Kier alpha value is -2.76. The van der Waals surface area contributed by atoms with Crippen LogP contribution in [0.15, 0.2) is 30.7 Å². The van der Waals surface area contributed by atoms with Gasteiger partial charge in [0.2, 0.25) is 5.95 Å². The molecule has 5 heterocycles. The predicted molar refractivity (Wildman–Crippen MR) is 129 cm³/mol. The molecule has 11 heteroatoms. The molecule has 3 N–H and O–H groups in total. The molecule has 8 nitrogen and oxygen atoms in total.